The molecule has 7 nitrogen and oxygen atoms in total. The molecule has 1 heterocycles. The van der Waals surface area contributed by atoms with Crippen molar-refractivity contribution in [3.05, 3.63) is 101 Å². The minimum atomic E-state index is -0.388. The van der Waals surface area contributed by atoms with E-state index in [9.17, 15) is 14.9 Å². The topological polar surface area (TPSA) is 104 Å². The van der Waals surface area contributed by atoms with Crippen LogP contribution in [-0.2, 0) is 4.79 Å². The lowest BCUT2D eigenvalue weighted by Gasteiger charge is -2.17. The maximum absolute atomic E-state index is 13.5. The Balaban J connectivity index is 1.70. The average Bonchev–Trinajstić information content (AvgIpc) is 2.93. The lowest BCUT2D eigenvalue weighted by atomic mass is 9.94. The van der Waals surface area contributed by atoms with Crippen molar-refractivity contribution in [1.29, 1.82) is 5.26 Å². The number of anilines is 2. The highest BCUT2D eigenvalue weighted by Gasteiger charge is 2.25. The fourth-order valence-electron chi connectivity index (χ4n) is 3.79. The molecule has 2 N–H and O–H groups in total. The molecule has 0 atom stereocenters. The molecule has 2 amide bonds. The van der Waals surface area contributed by atoms with Crippen LogP contribution in [0, 0.1) is 18.3 Å². The Morgan fingerprint density at radius 3 is 2.26 bits per heavy atom. The van der Waals surface area contributed by atoms with E-state index in [4.69, 9.17) is 16.3 Å². The molecular formula is C29H23ClN4O3S. The van der Waals surface area contributed by atoms with Crippen LogP contribution in [0.4, 0.5) is 11.4 Å². The van der Waals surface area contributed by atoms with Crippen molar-refractivity contribution in [2.24, 2.45) is 0 Å². The molecule has 0 aliphatic rings. The van der Waals surface area contributed by atoms with Gasteiger partial charge in [0.15, 0.2) is 0 Å². The van der Waals surface area contributed by atoms with Crippen molar-refractivity contribution in [3.8, 4) is 22.9 Å². The molecule has 0 aliphatic carbocycles. The van der Waals surface area contributed by atoms with E-state index in [1.807, 2.05) is 18.2 Å². The Morgan fingerprint density at radius 1 is 0.974 bits per heavy atom. The number of aryl methyl sites for hydroxylation is 1. The summed E-state index contributed by atoms with van der Waals surface area (Å²) in [6, 6.07) is 25.1. The number of methoxy groups -OCH3 is 1. The quantitative estimate of drug-likeness (QED) is 0.244. The summed E-state index contributed by atoms with van der Waals surface area (Å²) < 4.78 is 5.27. The molecule has 0 fully saturated rings. The van der Waals surface area contributed by atoms with Crippen molar-refractivity contribution < 1.29 is 14.3 Å². The number of benzene rings is 3. The van der Waals surface area contributed by atoms with Crippen molar-refractivity contribution in [3.63, 3.8) is 0 Å². The summed E-state index contributed by atoms with van der Waals surface area (Å²) in [5.74, 6) is 0.00126. The first-order valence-electron chi connectivity index (χ1n) is 11.5. The molecular weight excluding hydrogens is 520 g/mol. The molecule has 0 spiro atoms. The number of thioether (sulfide) groups is 1. The van der Waals surface area contributed by atoms with E-state index in [0.29, 0.717) is 44.0 Å². The van der Waals surface area contributed by atoms with Gasteiger partial charge in [-0.25, -0.2) is 4.98 Å². The summed E-state index contributed by atoms with van der Waals surface area (Å²) in [4.78, 5) is 30.6. The number of aromatic nitrogens is 1. The fraction of sp³-hybridized carbons (Fsp3) is 0.103. The molecule has 0 saturated carbocycles. The number of ether oxygens (including phenoxy) is 1. The predicted molar refractivity (Wildman–Crippen MR) is 151 cm³/mol. The van der Waals surface area contributed by atoms with Gasteiger partial charge in [-0.15, -0.1) is 0 Å². The Morgan fingerprint density at radius 2 is 1.63 bits per heavy atom. The van der Waals surface area contributed by atoms with Crippen LogP contribution in [0.2, 0.25) is 5.02 Å². The van der Waals surface area contributed by atoms with Crippen LogP contribution in [0.3, 0.4) is 0 Å². The highest BCUT2D eigenvalue weighted by Crippen LogP contribution is 2.36. The summed E-state index contributed by atoms with van der Waals surface area (Å²) in [6.45, 7) is 1.71. The zero-order valence-electron chi connectivity index (χ0n) is 20.6. The van der Waals surface area contributed by atoms with Gasteiger partial charge in [0.1, 0.15) is 16.8 Å². The monoisotopic (exact) mass is 542 g/mol. The summed E-state index contributed by atoms with van der Waals surface area (Å²) in [7, 11) is 1.56. The third-order valence-electron chi connectivity index (χ3n) is 5.56. The Bertz CT molecular complexity index is 1500. The average molecular weight is 543 g/mol. The van der Waals surface area contributed by atoms with Gasteiger partial charge in [-0.1, -0.05) is 53.7 Å². The standard InChI is InChI=1S/C29H23ClN4O3S/c1-18-26(28(36)34-21-6-4-3-5-7-21)27(19-8-14-23(37-2)15-9-19)24(16-31)29(32-18)38-17-25(35)33-22-12-10-20(30)11-13-22/h3-15H,17H2,1-2H3,(H,33,35)(H,34,36). The second-order valence-corrected chi connectivity index (χ2v) is 9.53. The summed E-state index contributed by atoms with van der Waals surface area (Å²) in [5, 5.41) is 16.8. The molecule has 190 valence electrons. The molecule has 1 aromatic heterocycles. The molecule has 4 rings (SSSR count). The van der Waals surface area contributed by atoms with Crippen molar-refractivity contribution in [1.82, 2.24) is 4.98 Å². The maximum Gasteiger partial charge on any atom is 0.258 e. The molecule has 4 aromatic rings. The number of nitrogens with one attached hydrogen (secondary N) is 2. The molecule has 9 heteroatoms. The predicted octanol–water partition coefficient (Wildman–Crippen LogP) is 6.57. The molecule has 38 heavy (non-hydrogen) atoms. The minimum Gasteiger partial charge on any atom is -0.497 e. The van der Waals surface area contributed by atoms with E-state index >= 15 is 0 Å². The van der Waals surface area contributed by atoms with Gasteiger partial charge in [-0.3, -0.25) is 9.59 Å². The van der Waals surface area contributed by atoms with Crippen LogP contribution in [0.25, 0.3) is 11.1 Å². The molecule has 0 saturated heterocycles. The van der Waals surface area contributed by atoms with Gasteiger partial charge >= 0.3 is 0 Å². The third-order valence-corrected chi connectivity index (χ3v) is 6.79. The van der Waals surface area contributed by atoms with Gasteiger partial charge in [0, 0.05) is 22.0 Å². The molecule has 0 unspecified atom stereocenters. The minimum absolute atomic E-state index is 0.0152. The van der Waals surface area contributed by atoms with Crippen LogP contribution in [0.5, 0.6) is 5.75 Å². The van der Waals surface area contributed by atoms with Crippen molar-refractivity contribution in [2.45, 2.75) is 11.9 Å². The number of halogens is 1. The normalized spacial score (nSPS) is 10.4. The summed E-state index contributed by atoms with van der Waals surface area (Å²) in [5.41, 5.74) is 3.25. The number of rotatable bonds is 8. The number of carbonyl (C=O) groups is 2. The highest BCUT2D eigenvalue weighted by molar-refractivity contribution is 8.00. The second-order valence-electron chi connectivity index (χ2n) is 8.13. The van der Waals surface area contributed by atoms with Gasteiger partial charge in [0.2, 0.25) is 5.91 Å². The Hall–Kier alpha value is -4.32. The van der Waals surface area contributed by atoms with E-state index < -0.39 is 0 Å². The zero-order chi connectivity index (χ0) is 27.1. The van der Waals surface area contributed by atoms with Crippen molar-refractivity contribution >= 4 is 46.6 Å². The number of pyridine rings is 1. The first-order valence-corrected chi connectivity index (χ1v) is 12.9. The third kappa shape index (κ3) is 6.32. The van der Waals surface area contributed by atoms with Crippen LogP contribution in [0.1, 0.15) is 21.6 Å². The van der Waals surface area contributed by atoms with E-state index in [-0.39, 0.29) is 28.7 Å². The van der Waals surface area contributed by atoms with Crippen LogP contribution >= 0.6 is 23.4 Å². The molecule has 0 aliphatic heterocycles. The number of para-hydroxylation sites is 1. The van der Waals surface area contributed by atoms with E-state index in [1.54, 1.807) is 74.7 Å². The summed E-state index contributed by atoms with van der Waals surface area (Å²) in [6.07, 6.45) is 0. The molecule has 3 aromatic carbocycles. The zero-order valence-corrected chi connectivity index (χ0v) is 22.2. The van der Waals surface area contributed by atoms with Gasteiger partial charge < -0.3 is 15.4 Å². The number of hydrogen-bond acceptors (Lipinski definition) is 6. The number of amides is 2. The maximum atomic E-state index is 13.5. The Labute approximate surface area is 229 Å². The lowest BCUT2D eigenvalue weighted by molar-refractivity contribution is -0.113. The van der Waals surface area contributed by atoms with Crippen LogP contribution in [0.15, 0.2) is 83.9 Å². The largest absolute Gasteiger partial charge is 0.497 e. The van der Waals surface area contributed by atoms with E-state index in [2.05, 4.69) is 21.7 Å². The number of hydrogen-bond donors (Lipinski definition) is 2. The van der Waals surface area contributed by atoms with Gasteiger partial charge in [0.05, 0.1) is 29.7 Å². The van der Waals surface area contributed by atoms with Crippen molar-refractivity contribution in [2.75, 3.05) is 23.5 Å². The second kappa shape index (κ2) is 12.3. The SMILES string of the molecule is COc1ccc(-c2c(C#N)c(SCC(=O)Nc3ccc(Cl)cc3)nc(C)c2C(=O)Nc2ccccc2)cc1. The highest BCUT2D eigenvalue weighted by atomic mass is 35.5. The lowest BCUT2D eigenvalue weighted by Crippen LogP contribution is -2.18. The molecule has 0 radical (unpaired) electrons. The van der Waals surface area contributed by atoms with Crippen LogP contribution in [-0.4, -0.2) is 29.7 Å². The number of carbonyl (C=O) groups excluding carboxylic acids is 2. The number of nitrogens with zero attached hydrogens (tertiary/aromatic N) is 2. The van der Waals surface area contributed by atoms with Gasteiger partial charge in [-0.05, 0) is 61.0 Å². The van der Waals surface area contributed by atoms with E-state index in [1.165, 1.54) is 0 Å². The Kier molecular flexibility index (Phi) is 8.64. The number of nitriles is 1. The van der Waals surface area contributed by atoms with Gasteiger partial charge in [-0.2, -0.15) is 5.26 Å². The van der Waals surface area contributed by atoms with E-state index in [0.717, 1.165) is 11.8 Å². The smallest absolute Gasteiger partial charge is 0.258 e. The van der Waals surface area contributed by atoms with Gasteiger partial charge in [0.25, 0.3) is 5.91 Å². The van der Waals surface area contributed by atoms with Crippen LogP contribution < -0.4 is 15.4 Å². The fourth-order valence-corrected chi connectivity index (χ4v) is 4.75. The summed E-state index contributed by atoms with van der Waals surface area (Å²) >= 11 is 7.04. The first kappa shape index (κ1) is 26.7. The molecule has 0 bridgehead atoms. The first-order chi connectivity index (χ1) is 18.4.